The highest BCUT2D eigenvalue weighted by Crippen LogP contribution is 2.20. The van der Waals surface area contributed by atoms with Gasteiger partial charge in [0.25, 0.3) is 0 Å². The fraction of sp³-hybridized carbons (Fsp3) is 0.222. The molecule has 0 heterocycles. The summed E-state index contributed by atoms with van der Waals surface area (Å²) < 4.78 is 5.22. The lowest BCUT2D eigenvalue weighted by molar-refractivity contribution is 0.0997. The number of benzene rings is 1. The van der Waals surface area contributed by atoms with Crippen LogP contribution in [0.5, 0.6) is 5.75 Å². The normalized spacial score (nSPS) is 9.69. The average molecular weight is 197 g/mol. The van der Waals surface area contributed by atoms with Crippen molar-refractivity contribution in [3.05, 3.63) is 23.8 Å². The number of carbonyl (C=O) groups is 1. The Morgan fingerprint density at radius 1 is 1.62 bits per heavy atom. The van der Waals surface area contributed by atoms with Crippen LogP contribution in [0.15, 0.2) is 23.1 Å². The molecule has 0 saturated heterocycles. The van der Waals surface area contributed by atoms with E-state index in [2.05, 4.69) is 12.6 Å². The van der Waals surface area contributed by atoms with E-state index in [4.69, 9.17) is 10.5 Å². The van der Waals surface area contributed by atoms with Gasteiger partial charge in [0, 0.05) is 4.90 Å². The predicted octanol–water partition coefficient (Wildman–Crippen LogP) is 1.47. The molecule has 13 heavy (non-hydrogen) atoms. The van der Waals surface area contributed by atoms with Crippen molar-refractivity contribution in [3.63, 3.8) is 0 Å². The van der Waals surface area contributed by atoms with Gasteiger partial charge in [-0.3, -0.25) is 4.79 Å². The van der Waals surface area contributed by atoms with E-state index in [9.17, 15) is 4.79 Å². The van der Waals surface area contributed by atoms with E-state index >= 15 is 0 Å². The van der Waals surface area contributed by atoms with Gasteiger partial charge < -0.3 is 10.5 Å². The van der Waals surface area contributed by atoms with Gasteiger partial charge >= 0.3 is 0 Å². The monoisotopic (exact) mass is 197 g/mol. The zero-order valence-electron chi connectivity index (χ0n) is 7.28. The Bertz CT molecular complexity index is 325. The van der Waals surface area contributed by atoms with E-state index < -0.39 is 5.91 Å². The number of primary amides is 1. The summed E-state index contributed by atoms with van der Waals surface area (Å²) >= 11 is 4.12. The molecule has 0 aliphatic carbocycles. The molecule has 70 valence electrons. The lowest BCUT2D eigenvalue weighted by atomic mass is 10.2. The number of thiol groups is 1. The largest absolute Gasteiger partial charge is 0.494 e. The number of amides is 1. The highest BCUT2D eigenvalue weighted by Gasteiger charge is 2.05. The Hall–Kier alpha value is -1.16. The van der Waals surface area contributed by atoms with E-state index in [1.54, 1.807) is 18.2 Å². The smallest absolute Gasteiger partial charge is 0.249 e. The number of carbonyl (C=O) groups excluding carboxylic acids is 1. The molecule has 0 unspecified atom stereocenters. The number of hydrogen-bond acceptors (Lipinski definition) is 3. The number of hydrogen-bond donors (Lipinski definition) is 2. The van der Waals surface area contributed by atoms with Crippen molar-refractivity contribution in [2.45, 2.75) is 11.8 Å². The summed E-state index contributed by atoms with van der Waals surface area (Å²) in [5, 5.41) is 0. The summed E-state index contributed by atoms with van der Waals surface area (Å²) in [6.45, 7) is 2.48. The Labute approximate surface area is 82.3 Å². The van der Waals surface area contributed by atoms with Crippen LogP contribution in [0.4, 0.5) is 0 Å². The molecule has 1 amide bonds. The van der Waals surface area contributed by atoms with Gasteiger partial charge in [0.1, 0.15) is 5.75 Å². The van der Waals surface area contributed by atoms with Crippen molar-refractivity contribution in [2.75, 3.05) is 6.61 Å². The molecule has 0 aliphatic heterocycles. The van der Waals surface area contributed by atoms with Crippen LogP contribution in [0, 0.1) is 0 Å². The maximum atomic E-state index is 10.8. The Balaban J connectivity index is 2.98. The second-order valence-electron chi connectivity index (χ2n) is 2.48. The quantitative estimate of drug-likeness (QED) is 0.721. The third-order valence-electron chi connectivity index (χ3n) is 1.55. The van der Waals surface area contributed by atoms with Gasteiger partial charge in [-0.25, -0.2) is 0 Å². The van der Waals surface area contributed by atoms with Crippen LogP contribution in [-0.2, 0) is 0 Å². The fourth-order valence-corrected chi connectivity index (χ4v) is 1.29. The van der Waals surface area contributed by atoms with E-state index in [-0.39, 0.29) is 0 Å². The Kier molecular flexibility index (Phi) is 3.19. The summed E-state index contributed by atoms with van der Waals surface area (Å²) in [4.78, 5) is 11.4. The molecule has 0 aromatic heterocycles. The molecule has 0 radical (unpaired) electrons. The van der Waals surface area contributed by atoms with Gasteiger partial charge in [-0.1, -0.05) is 0 Å². The molecule has 0 atom stereocenters. The standard InChI is InChI=1S/C9H11NO2S/c1-2-12-6-3-4-7(9(10)11)8(13)5-6/h3-5,13H,2H2,1H3,(H2,10,11). The van der Waals surface area contributed by atoms with Crippen molar-refractivity contribution in [3.8, 4) is 5.75 Å². The number of ether oxygens (including phenoxy) is 1. The highest BCUT2D eigenvalue weighted by molar-refractivity contribution is 7.80. The van der Waals surface area contributed by atoms with Crippen LogP contribution < -0.4 is 10.5 Å². The van der Waals surface area contributed by atoms with Crippen molar-refractivity contribution < 1.29 is 9.53 Å². The molecular weight excluding hydrogens is 186 g/mol. The van der Waals surface area contributed by atoms with E-state index in [1.807, 2.05) is 6.92 Å². The first-order valence-corrected chi connectivity index (χ1v) is 4.35. The van der Waals surface area contributed by atoms with Crippen LogP contribution in [0.1, 0.15) is 17.3 Å². The Morgan fingerprint density at radius 2 is 2.31 bits per heavy atom. The Morgan fingerprint density at radius 3 is 2.77 bits per heavy atom. The molecule has 4 heteroatoms. The van der Waals surface area contributed by atoms with Gasteiger partial charge in [0.15, 0.2) is 0 Å². The molecule has 1 rings (SSSR count). The van der Waals surface area contributed by atoms with Gasteiger partial charge in [0.05, 0.1) is 12.2 Å². The molecule has 0 fully saturated rings. The minimum atomic E-state index is -0.479. The molecule has 0 aliphatic rings. The van der Waals surface area contributed by atoms with Gasteiger partial charge in [-0.05, 0) is 25.1 Å². The van der Waals surface area contributed by atoms with Gasteiger partial charge in [-0.15, -0.1) is 12.6 Å². The molecular formula is C9H11NO2S. The zero-order chi connectivity index (χ0) is 9.84. The molecule has 1 aromatic carbocycles. The van der Waals surface area contributed by atoms with Crippen molar-refractivity contribution in [1.82, 2.24) is 0 Å². The lowest BCUT2D eigenvalue weighted by Gasteiger charge is -2.05. The molecule has 2 N–H and O–H groups in total. The van der Waals surface area contributed by atoms with E-state index in [1.165, 1.54) is 0 Å². The summed E-state index contributed by atoms with van der Waals surface area (Å²) in [5.41, 5.74) is 5.52. The predicted molar refractivity (Wildman–Crippen MR) is 53.4 cm³/mol. The third-order valence-corrected chi connectivity index (χ3v) is 1.92. The summed E-state index contributed by atoms with van der Waals surface area (Å²) in [7, 11) is 0. The minimum Gasteiger partial charge on any atom is -0.494 e. The van der Waals surface area contributed by atoms with Gasteiger partial charge in [0.2, 0.25) is 5.91 Å². The van der Waals surface area contributed by atoms with Crippen molar-refractivity contribution >= 4 is 18.5 Å². The fourth-order valence-electron chi connectivity index (χ4n) is 0.976. The van der Waals surface area contributed by atoms with Crippen LogP contribution in [0.3, 0.4) is 0 Å². The van der Waals surface area contributed by atoms with Crippen LogP contribution in [0.25, 0.3) is 0 Å². The van der Waals surface area contributed by atoms with E-state index in [0.717, 1.165) is 0 Å². The lowest BCUT2D eigenvalue weighted by Crippen LogP contribution is -2.11. The van der Waals surface area contributed by atoms with Crippen LogP contribution in [0.2, 0.25) is 0 Å². The average Bonchev–Trinajstić information content (AvgIpc) is 2.04. The maximum Gasteiger partial charge on any atom is 0.249 e. The van der Waals surface area contributed by atoms with Gasteiger partial charge in [-0.2, -0.15) is 0 Å². The summed E-state index contributed by atoms with van der Waals surface area (Å²) in [5.74, 6) is 0.213. The second kappa shape index (κ2) is 4.18. The third kappa shape index (κ3) is 2.39. The van der Waals surface area contributed by atoms with Crippen LogP contribution in [-0.4, -0.2) is 12.5 Å². The molecule has 0 spiro atoms. The first-order chi connectivity index (χ1) is 6.15. The summed E-state index contributed by atoms with van der Waals surface area (Å²) in [6.07, 6.45) is 0. The maximum absolute atomic E-state index is 10.8. The zero-order valence-corrected chi connectivity index (χ0v) is 8.17. The molecule has 1 aromatic rings. The molecule has 3 nitrogen and oxygen atoms in total. The van der Waals surface area contributed by atoms with Crippen LogP contribution >= 0.6 is 12.6 Å². The van der Waals surface area contributed by atoms with E-state index in [0.29, 0.717) is 22.8 Å². The molecule has 0 bridgehead atoms. The number of rotatable bonds is 3. The highest BCUT2D eigenvalue weighted by atomic mass is 32.1. The summed E-state index contributed by atoms with van der Waals surface area (Å²) in [6, 6.07) is 4.98. The topological polar surface area (TPSA) is 52.3 Å². The number of nitrogens with two attached hydrogens (primary N) is 1. The first-order valence-electron chi connectivity index (χ1n) is 3.90. The second-order valence-corrected chi connectivity index (χ2v) is 2.96. The molecule has 0 saturated carbocycles. The SMILES string of the molecule is CCOc1ccc(C(N)=O)c(S)c1. The van der Waals surface area contributed by atoms with Crippen molar-refractivity contribution in [2.24, 2.45) is 5.73 Å². The minimum absolute atomic E-state index is 0.409. The first kappa shape index (κ1) is 9.92. The van der Waals surface area contributed by atoms with Crippen molar-refractivity contribution in [1.29, 1.82) is 0 Å².